The SMILES string of the molecule is NC1=NCNC2C=NC=CC12. The first kappa shape index (κ1) is 6.54. The molecule has 0 fully saturated rings. The predicted molar refractivity (Wildman–Crippen MR) is 44.5 cm³/mol. The molecule has 0 aromatic rings. The van der Waals surface area contributed by atoms with Gasteiger partial charge in [0.2, 0.25) is 0 Å². The molecule has 0 saturated heterocycles. The number of nitrogens with zero attached hydrogens (tertiary/aromatic N) is 2. The summed E-state index contributed by atoms with van der Waals surface area (Å²) in [5.74, 6) is 0.914. The van der Waals surface area contributed by atoms with Gasteiger partial charge in [-0.05, 0) is 0 Å². The van der Waals surface area contributed by atoms with Gasteiger partial charge >= 0.3 is 0 Å². The molecule has 0 spiro atoms. The first-order chi connectivity index (χ1) is 5.38. The van der Waals surface area contributed by atoms with Gasteiger partial charge in [-0.1, -0.05) is 6.08 Å². The second kappa shape index (κ2) is 2.47. The molecule has 3 N–H and O–H groups in total. The zero-order valence-electron chi connectivity index (χ0n) is 6.07. The van der Waals surface area contributed by atoms with Crippen LogP contribution in [0.15, 0.2) is 22.3 Å². The van der Waals surface area contributed by atoms with Crippen LogP contribution in [0.3, 0.4) is 0 Å². The molecule has 2 aliphatic heterocycles. The Morgan fingerprint density at radius 1 is 1.64 bits per heavy atom. The van der Waals surface area contributed by atoms with Crippen molar-refractivity contribution >= 4 is 12.1 Å². The van der Waals surface area contributed by atoms with Crippen LogP contribution < -0.4 is 11.1 Å². The van der Waals surface area contributed by atoms with Gasteiger partial charge in [0.25, 0.3) is 0 Å². The third-order valence-corrected chi connectivity index (χ3v) is 1.94. The van der Waals surface area contributed by atoms with E-state index in [1.807, 2.05) is 12.3 Å². The normalized spacial score (nSPS) is 34.7. The molecule has 0 aromatic carbocycles. The minimum atomic E-state index is 0.209. The minimum absolute atomic E-state index is 0.209. The Labute approximate surface area is 64.9 Å². The standard InChI is InChI=1S/C7H10N4/c8-7-5-1-2-9-3-6(5)10-4-11-7/h1-3,5-6,10H,4H2,(H2,8,11). The van der Waals surface area contributed by atoms with Crippen LogP contribution in [0.2, 0.25) is 0 Å². The van der Waals surface area contributed by atoms with Crippen LogP contribution in [0.4, 0.5) is 0 Å². The Balaban J connectivity index is 2.26. The monoisotopic (exact) mass is 150 g/mol. The van der Waals surface area contributed by atoms with Crippen LogP contribution >= 0.6 is 0 Å². The van der Waals surface area contributed by atoms with Gasteiger partial charge in [0.15, 0.2) is 0 Å². The van der Waals surface area contributed by atoms with Crippen molar-refractivity contribution in [2.75, 3.05) is 6.67 Å². The zero-order valence-corrected chi connectivity index (χ0v) is 6.07. The summed E-state index contributed by atoms with van der Waals surface area (Å²) in [5.41, 5.74) is 5.69. The Hall–Kier alpha value is -1.16. The highest BCUT2D eigenvalue weighted by atomic mass is 15.1. The van der Waals surface area contributed by atoms with Crippen molar-refractivity contribution in [2.45, 2.75) is 6.04 Å². The van der Waals surface area contributed by atoms with E-state index in [-0.39, 0.29) is 12.0 Å². The maximum absolute atomic E-state index is 5.69. The second-order valence-electron chi connectivity index (χ2n) is 2.64. The first-order valence-corrected chi connectivity index (χ1v) is 3.61. The molecular formula is C7H10N4. The lowest BCUT2D eigenvalue weighted by atomic mass is 9.97. The number of rotatable bonds is 0. The van der Waals surface area contributed by atoms with Gasteiger partial charge in [-0.2, -0.15) is 0 Å². The molecule has 0 bridgehead atoms. The quantitative estimate of drug-likeness (QED) is 0.488. The highest BCUT2D eigenvalue weighted by Gasteiger charge is 2.24. The zero-order chi connectivity index (χ0) is 7.68. The van der Waals surface area contributed by atoms with Gasteiger partial charge in [0.1, 0.15) is 5.84 Å². The highest BCUT2D eigenvalue weighted by molar-refractivity contribution is 5.90. The topological polar surface area (TPSA) is 62.8 Å². The van der Waals surface area contributed by atoms with Crippen LogP contribution in [0, 0.1) is 5.92 Å². The summed E-state index contributed by atoms with van der Waals surface area (Å²) in [6.45, 7) is 0.604. The van der Waals surface area contributed by atoms with Gasteiger partial charge in [0.05, 0.1) is 18.6 Å². The summed E-state index contributed by atoms with van der Waals surface area (Å²) in [6, 6.07) is 0.248. The molecule has 0 aromatic heterocycles. The summed E-state index contributed by atoms with van der Waals surface area (Å²) >= 11 is 0. The Morgan fingerprint density at radius 2 is 2.55 bits per heavy atom. The molecule has 2 rings (SSSR count). The summed E-state index contributed by atoms with van der Waals surface area (Å²) in [7, 11) is 0. The molecule has 0 aliphatic carbocycles. The van der Waals surface area contributed by atoms with Crippen molar-refractivity contribution in [3.8, 4) is 0 Å². The van der Waals surface area contributed by atoms with Crippen LogP contribution in [0.1, 0.15) is 0 Å². The third kappa shape index (κ3) is 1.05. The highest BCUT2D eigenvalue weighted by Crippen LogP contribution is 2.12. The van der Waals surface area contributed by atoms with E-state index >= 15 is 0 Å². The molecule has 2 heterocycles. The molecule has 2 atom stereocenters. The van der Waals surface area contributed by atoms with E-state index in [1.165, 1.54) is 0 Å². The average Bonchev–Trinajstić information content (AvgIpc) is 2.06. The fraction of sp³-hybridized carbons (Fsp3) is 0.429. The van der Waals surface area contributed by atoms with E-state index in [0.29, 0.717) is 12.5 Å². The molecule has 11 heavy (non-hydrogen) atoms. The molecule has 0 amide bonds. The summed E-state index contributed by atoms with van der Waals surface area (Å²) in [4.78, 5) is 8.10. The Kier molecular flexibility index (Phi) is 1.47. The van der Waals surface area contributed by atoms with E-state index in [9.17, 15) is 0 Å². The van der Waals surface area contributed by atoms with Crippen LogP contribution in [0.25, 0.3) is 0 Å². The fourth-order valence-corrected chi connectivity index (χ4v) is 1.31. The van der Waals surface area contributed by atoms with Gasteiger partial charge < -0.3 is 5.73 Å². The number of fused-ring (bicyclic) bond motifs is 1. The van der Waals surface area contributed by atoms with Crippen molar-refractivity contribution in [1.29, 1.82) is 0 Å². The maximum Gasteiger partial charge on any atom is 0.104 e. The predicted octanol–water partition coefficient (Wildman–Crippen LogP) is -0.513. The van der Waals surface area contributed by atoms with E-state index in [0.717, 1.165) is 0 Å². The number of aliphatic imine (C=N–C) groups is 2. The molecule has 0 radical (unpaired) electrons. The average molecular weight is 150 g/mol. The van der Waals surface area contributed by atoms with Gasteiger partial charge in [0, 0.05) is 12.4 Å². The summed E-state index contributed by atoms with van der Waals surface area (Å²) in [6.07, 6.45) is 5.60. The maximum atomic E-state index is 5.69. The molecule has 0 saturated carbocycles. The van der Waals surface area contributed by atoms with Crippen molar-refractivity contribution in [2.24, 2.45) is 21.6 Å². The minimum Gasteiger partial charge on any atom is -0.387 e. The Morgan fingerprint density at radius 3 is 3.36 bits per heavy atom. The van der Waals surface area contributed by atoms with Gasteiger partial charge in [-0.25, -0.2) is 0 Å². The lowest BCUT2D eigenvalue weighted by Gasteiger charge is -2.27. The Bertz CT molecular complexity index is 241. The van der Waals surface area contributed by atoms with Crippen LogP contribution in [0.5, 0.6) is 0 Å². The first-order valence-electron chi connectivity index (χ1n) is 3.61. The number of hydrogen-bond acceptors (Lipinski definition) is 4. The van der Waals surface area contributed by atoms with E-state index in [4.69, 9.17) is 5.73 Å². The van der Waals surface area contributed by atoms with Crippen molar-refractivity contribution < 1.29 is 0 Å². The lowest BCUT2D eigenvalue weighted by Crippen LogP contribution is -2.48. The smallest absolute Gasteiger partial charge is 0.104 e. The van der Waals surface area contributed by atoms with E-state index in [1.54, 1.807) is 6.20 Å². The second-order valence-corrected chi connectivity index (χ2v) is 2.64. The summed E-state index contributed by atoms with van der Waals surface area (Å²) < 4.78 is 0. The molecule has 2 unspecified atom stereocenters. The number of amidine groups is 1. The van der Waals surface area contributed by atoms with Crippen molar-refractivity contribution in [1.82, 2.24) is 5.32 Å². The lowest BCUT2D eigenvalue weighted by molar-refractivity contribution is 0.555. The molecule has 2 aliphatic rings. The number of nitrogens with two attached hydrogens (primary N) is 1. The third-order valence-electron chi connectivity index (χ3n) is 1.94. The molecule has 4 heteroatoms. The summed E-state index contributed by atoms with van der Waals surface area (Å²) in [5, 5.41) is 3.18. The van der Waals surface area contributed by atoms with E-state index < -0.39 is 0 Å². The number of nitrogens with one attached hydrogen (secondary N) is 1. The van der Waals surface area contributed by atoms with E-state index in [2.05, 4.69) is 15.3 Å². The van der Waals surface area contributed by atoms with Crippen LogP contribution in [-0.4, -0.2) is 24.8 Å². The van der Waals surface area contributed by atoms with Gasteiger partial charge in [-0.3, -0.25) is 15.3 Å². The largest absolute Gasteiger partial charge is 0.387 e. The van der Waals surface area contributed by atoms with Crippen molar-refractivity contribution in [3.63, 3.8) is 0 Å². The molecular weight excluding hydrogens is 140 g/mol. The van der Waals surface area contributed by atoms with Crippen molar-refractivity contribution in [3.05, 3.63) is 12.3 Å². The fourth-order valence-electron chi connectivity index (χ4n) is 1.31. The molecule has 4 nitrogen and oxygen atoms in total. The van der Waals surface area contributed by atoms with Crippen LogP contribution in [-0.2, 0) is 0 Å². The number of hydrogen-bond donors (Lipinski definition) is 2. The molecule has 58 valence electrons. The van der Waals surface area contributed by atoms with Gasteiger partial charge in [-0.15, -0.1) is 0 Å².